The largest absolute Gasteiger partial charge is 0.411 e. The number of halogens is 3. The molecule has 0 radical (unpaired) electrons. The lowest BCUT2D eigenvalue weighted by Crippen LogP contribution is -2.22. The summed E-state index contributed by atoms with van der Waals surface area (Å²) in [6, 6.07) is 5.29. The SMILES string of the molecule is CCNC(=O)c1ccc(C)c(NCCCOCC(F)(F)F)c1. The summed E-state index contributed by atoms with van der Waals surface area (Å²) in [4.78, 5) is 11.8. The Bertz CT molecular complexity index is 490. The Kier molecular flexibility index (Phi) is 7.17. The molecule has 0 saturated carbocycles. The summed E-state index contributed by atoms with van der Waals surface area (Å²) in [5.74, 6) is -0.154. The molecule has 4 nitrogen and oxygen atoms in total. The number of benzene rings is 1. The molecule has 1 aromatic rings. The maximum absolute atomic E-state index is 11.9. The number of amides is 1. The van der Waals surface area contributed by atoms with Crippen molar-refractivity contribution >= 4 is 11.6 Å². The van der Waals surface area contributed by atoms with Crippen LogP contribution in [0.4, 0.5) is 18.9 Å². The van der Waals surface area contributed by atoms with Gasteiger partial charge >= 0.3 is 6.18 Å². The number of anilines is 1. The van der Waals surface area contributed by atoms with Gasteiger partial charge in [0.25, 0.3) is 5.91 Å². The van der Waals surface area contributed by atoms with Gasteiger partial charge in [-0.05, 0) is 38.0 Å². The van der Waals surface area contributed by atoms with Gasteiger partial charge in [0.1, 0.15) is 6.61 Å². The molecule has 0 fully saturated rings. The number of nitrogens with one attached hydrogen (secondary N) is 2. The highest BCUT2D eigenvalue weighted by atomic mass is 19.4. The van der Waals surface area contributed by atoms with Crippen molar-refractivity contribution in [3.63, 3.8) is 0 Å². The van der Waals surface area contributed by atoms with Crippen molar-refractivity contribution < 1.29 is 22.7 Å². The highest BCUT2D eigenvalue weighted by molar-refractivity contribution is 5.95. The first kappa shape index (κ1) is 18.3. The van der Waals surface area contributed by atoms with Crippen LogP contribution in [0.15, 0.2) is 18.2 Å². The summed E-state index contributed by atoms with van der Waals surface area (Å²) >= 11 is 0. The Morgan fingerprint density at radius 3 is 2.68 bits per heavy atom. The number of alkyl halides is 3. The number of hydrogen-bond donors (Lipinski definition) is 2. The summed E-state index contributed by atoms with van der Waals surface area (Å²) in [7, 11) is 0. The van der Waals surface area contributed by atoms with E-state index in [2.05, 4.69) is 15.4 Å². The summed E-state index contributed by atoms with van der Waals surface area (Å²) in [6.45, 7) is 3.56. The Hall–Kier alpha value is -1.76. The smallest absolute Gasteiger partial charge is 0.385 e. The topological polar surface area (TPSA) is 50.4 Å². The number of hydrogen-bond acceptors (Lipinski definition) is 3. The number of rotatable bonds is 8. The quantitative estimate of drug-likeness (QED) is 0.724. The van der Waals surface area contributed by atoms with E-state index in [0.29, 0.717) is 25.1 Å². The zero-order chi connectivity index (χ0) is 16.6. The molecule has 2 N–H and O–H groups in total. The Morgan fingerprint density at radius 1 is 1.32 bits per heavy atom. The van der Waals surface area contributed by atoms with Crippen LogP contribution in [0.3, 0.4) is 0 Å². The van der Waals surface area contributed by atoms with Gasteiger partial charge in [-0.2, -0.15) is 13.2 Å². The molecule has 1 amide bonds. The average Bonchev–Trinajstić information content (AvgIpc) is 2.43. The molecule has 0 aliphatic heterocycles. The fourth-order valence-electron chi connectivity index (χ4n) is 1.80. The van der Waals surface area contributed by atoms with Crippen molar-refractivity contribution in [2.45, 2.75) is 26.4 Å². The van der Waals surface area contributed by atoms with Gasteiger partial charge in [0.2, 0.25) is 0 Å². The molecule has 0 heterocycles. The lowest BCUT2D eigenvalue weighted by molar-refractivity contribution is -0.173. The molecule has 0 aromatic heterocycles. The van der Waals surface area contributed by atoms with Gasteiger partial charge in [0.05, 0.1) is 0 Å². The van der Waals surface area contributed by atoms with E-state index >= 15 is 0 Å². The van der Waals surface area contributed by atoms with Crippen LogP contribution in [0.1, 0.15) is 29.3 Å². The van der Waals surface area contributed by atoms with Gasteiger partial charge < -0.3 is 15.4 Å². The highest BCUT2D eigenvalue weighted by Gasteiger charge is 2.27. The van der Waals surface area contributed by atoms with Gasteiger partial charge in [-0.3, -0.25) is 4.79 Å². The normalized spacial score (nSPS) is 11.3. The lowest BCUT2D eigenvalue weighted by Gasteiger charge is -2.12. The van der Waals surface area contributed by atoms with Crippen molar-refractivity contribution in [1.29, 1.82) is 0 Å². The van der Waals surface area contributed by atoms with E-state index in [-0.39, 0.29) is 12.5 Å². The van der Waals surface area contributed by atoms with E-state index in [4.69, 9.17) is 0 Å². The van der Waals surface area contributed by atoms with E-state index in [0.717, 1.165) is 11.3 Å². The average molecular weight is 318 g/mol. The van der Waals surface area contributed by atoms with Crippen LogP contribution < -0.4 is 10.6 Å². The molecule has 0 aliphatic carbocycles. The van der Waals surface area contributed by atoms with Crippen molar-refractivity contribution in [3.05, 3.63) is 29.3 Å². The number of carbonyl (C=O) groups is 1. The minimum atomic E-state index is -4.29. The van der Waals surface area contributed by atoms with Gasteiger partial charge in [-0.1, -0.05) is 6.07 Å². The third kappa shape index (κ3) is 6.80. The lowest BCUT2D eigenvalue weighted by atomic mass is 10.1. The maximum Gasteiger partial charge on any atom is 0.411 e. The molecule has 124 valence electrons. The summed E-state index contributed by atoms with van der Waals surface area (Å²) in [5, 5.41) is 5.82. The zero-order valence-electron chi connectivity index (χ0n) is 12.7. The van der Waals surface area contributed by atoms with Crippen molar-refractivity contribution in [1.82, 2.24) is 5.32 Å². The van der Waals surface area contributed by atoms with E-state index in [1.807, 2.05) is 19.9 Å². The van der Waals surface area contributed by atoms with Crippen LogP contribution >= 0.6 is 0 Å². The minimum Gasteiger partial charge on any atom is -0.385 e. The van der Waals surface area contributed by atoms with Gasteiger partial charge in [-0.25, -0.2) is 0 Å². The van der Waals surface area contributed by atoms with Crippen LogP contribution in [0.2, 0.25) is 0 Å². The summed E-state index contributed by atoms with van der Waals surface area (Å²) < 4.78 is 40.2. The first-order valence-corrected chi connectivity index (χ1v) is 7.10. The third-order valence-corrected chi connectivity index (χ3v) is 2.88. The highest BCUT2D eigenvalue weighted by Crippen LogP contribution is 2.17. The maximum atomic E-state index is 11.9. The van der Waals surface area contributed by atoms with Crippen LogP contribution in [0.5, 0.6) is 0 Å². The first-order valence-electron chi connectivity index (χ1n) is 7.10. The van der Waals surface area contributed by atoms with E-state index < -0.39 is 12.8 Å². The second kappa shape index (κ2) is 8.63. The number of aryl methyl sites for hydroxylation is 1. The second-order valence-corrected chi connectivity index (χ2v) is 4.84. The first-order chi connectivity index (χ1) is 10.3. The van der Waals surface area contributed by atoms with Crippen LogP contribution in [0.25, 0.3) is 0 Å². The van der Waals surface area contributed by atoms with Gasteiger partial charge in [0.15, 0.2) is 0 Å². The molecule has 0 saturated heterocycles. The van der Waals surface area contributed by atoms with Crippen molar-refractivity contribution in [3.8, 4) is 0 Å². The monoisotopic (exact) mass is 318 g/mol. The van der Waals surface area contributed by atoms with E-state index in [1.54, 1.807) is 12.1 Å². The van der Waals surface area contributed by atoms with Crippen molar-refractivity contribution in [2.24, 2.45) is 0 Å². The number of carbonyl (C=O) groups excluding carboxylic acids is 1. The van der Waals surface area contributed by atoms with Gasteiger partial charge in [0, 0.05) is 30.9 Å². The fraction of sp³-hybridized carbons (Fsp3) is 0.533. The molecular weight excluding hydrogens is 297 g/mol. The molecule has 0 unspecified atom stereocenters. The minimum absolute atomic E-state index is 0.0293. The predicted octanol–water partition coefficient (Wildman–Crippen LogP) is 3.13. The molecule has 1 aromatic carbocycles. The summed E-state index contributed by atoms with van der Waals surface area (Å²) in [5.41, 5.74) is 2.30. The Labute approximate surface area is 128 Å². The standard InChI is InChI=1S/C15H21F3N2O2/c1-3-19-14(21)12-6-5-11(2)13(9-12)20-7-4-8-22-10-15(16,17)18/h5-6,9,20H,3-4,7-8,10H2,1-2H3,(H,19,21). The molecule has 0 spiro atoms. The molecule has 0 bridgehead atoms. The van der Waals surface area contributed by atoms with E-state index in [9.17, 15) is 18.0 Å². The Morgan fingerprint density at radius 2 is 2.05 bits per heavy atom. The van der Waals surface area contributed by atoms with Gasteiger partial charge in [-0.15, -0.1) is 0 Å². The van der Waals surface area contributed by atoms with Crippen LogP contribution in [-0.2, 0) is 4.74 Å². The molecule has 1 rings (SSSR count). The zero-order valence-corrected chi connectivity index (χ0v) is 12.7. The fourth-order valence-corrected chi connectivity index (χ4v) is 1.80. The molecule has 0 atom stereocenters. The molecular formula is C15H21F3N2O2. The second-order valence-electron chi connectivity index (χ2n) is 4.84. The predicted molar refractivity (Wildman–Crippen MR) is 79.2 cm³/mol. The van der Waals surface area contributed by atoms with Crippen LogP contribution in [-0.4, -0.2) is 38.4 Å². The summed E-state index contributed by atoms with van der Waals surface area (Å²) in [6.07, 6.45) is -3.84. The Balaban J connectivity index is 2.42. The third-order valence-electron chi connectivity index (χ3n) is 2.88. The molecule has 22 heavy (non-hydrogen) atoms. The molecule has 7 heteroatoms. The van der Waals surface area contributed by atoms with E-state index in [1.165, 1.54) is 0 Å². The van der Waals surface area contributed by atoms with Crippen molar-refractivity contribution in [2.75, 3.05) is 31.6 Å². The number of ether oxygens (including phenoxy) is 1. The van der Waals surface area contributed by atoms with Crippen LogP contribution in [0, 0.1) is 6.92 Å². The molecule has 0 aliphatic rings.